The maximum atomic E-state index is 11.6. The van der Waals surface area contributed by atoms with E-state index in [2.05, 4.69) is 53.3 Å². The summed E-state index contributed by atoms with van der Waals surface area (Å²) in [4.78, 5) is 18.3. The van der Waals surface area contributed by atoms with E-state index in [1.54, 1.807) is 0 Å². The summed E-state index contributed by atoms with van der Waals surface area (Å²) in [5.74, 6) is 0.619. The van der Waals surface area contributed by atoms with Crippen molar-refractivity contribution in [3.05, 3.63) is 54.2 Å². The number of anilines is 2. The molecule has 0 radical (unpaired) electrons. The molecule has 0 atom stereocenters. The normalized spacial score (nSPS) is 10.6. The van der Waals surface area contributed by atoms with Crippen LogP contribution < -0.4 is 10.2 Å². The summed E-state index contributed by atoms with van der Waals surface area (Å²) >= 11 is 0. The molecule has 2 aromatic rings. The molecule has 0 unspecified atom stereocenters. The molecule has 1 N–H and O–H groups in total. The van der Waals surface area contributed by atoms with Gasteiger partial charge in [-0.25, -0.2) is 4.98 Å². The first-order valence-corrected chi connectivity index (χ1v) is 8.16. The van der Waals surface area contributed by atoms with Crippen molar-refractivity contribution in [2.75, 3.05) is 10.2 Å². The molecule has 4 heteroatoms. The SMILES string of the molecule is CCCC(=O)Nc1ccc(N(Cc2ccccc2)C(C)C)cn1. The minimum absolute atomic E-state index is 0.0118. The van der Waals surface area contributed by atoms with Crippen molar-refractivity contribution in [1.29, 1.82) is 0 Å². The Bertz CT molecular complexity index is 608. The molecule has 0 aliphatic rings. The number of hydrogen-bond donors (Lipinski definition) is 1. The van der Waals surface area contributed by atoms with Crippen LogP contribution in [0, 0.1) is 0 Å². The Morgan fingerprint density at radius 1 is 1.17 bits per heavy atom. The summed E-state index contributed by atoms with van der Waals surface area (Å²) < 4.78 is 0. The fraction of sp³-hybridized carbons (Fsp3) is 0.368. The van der Waals surface area contributed by atoms with Crippen molar-refractivity contribution in [2.45, 2.75) is 46.2 Å². The van der Waals surface area contributed by atoms with Crippen LogP contribution in [0.3, 0.4) is 0 Å². The van der Waals surface area contributed by atoms with Crippen LogP contribution in [0.25, 0.3) is 0 Å². The molecule has 23 heavy (non-hydrogen) atoms. The average Bonchev–Trinajstić information content (AvgIpc) is 2.54. The molecule has 2 rings (SSSR count). The molecule has 0 fully saturated rings. The summed E-state index contributed by atoms with van der Waals surface area (Å²) in [5.41, 5.74) is 2.32. The number of carbonyl (C=O) groups excluding carboxylic acids is 1. The van der Waals surface area contributed by atoms with Crippen LogP contribution in [0.1, 0.15) is 39.2 Å². The lowest BCUT2D eigenvalue weighted by Gasteiger charge is -2.29. The quantitative estimate of drug-likeness (QED) is 0.832. The van der Waals surface area contributed by atoms with Gasteiger partial charge in [0, 0.05) is 19.0 Å². The van der Waals surface area contributed by atoms with Crippen molar-refractivity contribution in [1.82, 2.24) is 4.98 Å². The summed E-state index contributed by atoms with van der Waals surface area (Å²) in [6.45, 7) is 7.15. The van der Waals surface area contributed by atoms with Crippen LogP contribution >= 0.6 is 0 Å². The number of nitrogens with zero attached hydrogens (tertiary/aromatic N) is 2. The predicted octanol–water partition coefficient (Wildman–Crippen LogP) is 4.24. The molecule has 1 amide bonds. The molecule has 0 aliphatic carbocycles. The Balaban J connectivity index is 2.09. The first kappa shape index (κ1) is 17.0. The Labute approximate surface area is 138 Å². The van der Waals surface area contributed by atoms with Gasteiger partial charge in [0.15, 0.2) is 0 Å². The number of nitrogens with one attached hydrogen (secondary N) is 1. The fourth-order valence-electron chi connectivity index (χ4n) is 2.41. The Morgan fingerprint density at radius 2 is 1.91 bits per heavy atom. The van der Waals surface area contributed by atoms with Gasteiger partial charge >= 0.3 is 0 Å². The number of pyridine rings is 1. The molecule has 4 nitrogen and oxygen atoms in total. The van der Waals surface area contributed by atoms with Crippen molar-refractivity contribution in [3.63, 3.8) is 0 Å². The molecule has 1 aromatic heterocycles. The molecule has 122 valence electrons. The molecule has 0 saturated heterocycles. The summed E-state index contributed by atoms with van der Waals surface area (Å²) in [6, 6.07) is 14.6. The Morgan fingerprint density at radius 3 is 2.48 bits per heavy atom. The van der Waals surface area contributed by atoms with Gasteiger partial charge in [-0.1, -0.05) is 37.3 Å². The van der Waals surface area contributed by atoms with E-state index in [0.717, 1.165) is 18.7 Å². The number of rotatable bonds is 7. The third-order valence-corrected chi connectivity index (χ3v) is 3.64. The maximum Gasteiger partial charge on any atom is 0.225 e. The topological polar surface area (TPSA) is 45.2 Å². The van der Waals surface area contributed by atoms with Gasteiger partial charge in [-0.15, -0.1) is 0 Å². The van der Waals surface area contributed by atoms with E-state index in [0.29, 0.717) is 18.3 Å². The summed E-state index contributed by atoms with van der Waals surface area (Å²) in [7, 11) is 0. The zero-order valence-electron chi connectivity index (χ0n) is 14.1. The highest BCUT2D eigenvalue weighted by Gasteiger charge is 2.12. The third-order valence-electron chi connectivity index (χ3n) is 3.64. The number of amides is 1. The molecule has 0 bridgehead atoms. The second-order valence-corrected chi connectivity index (χ2v) is 5.91. The van der Waals surface area contributed by atoms with Crippen LogP contribution in [0.15, 0.2) is 48.7 Å². The van der Waals surface area contributed by atoms with E-state index < -0.39 is 0 Å². The minimum atomic E-state index is 0.0118. The Kier molecular flexibility index (Phi) is 6.15. The largest absolute Gasteiger partial charge is 0.364 e. The maximum absolute atomic E-state index is 11.6. The predicted molar refractivity (Wildman–Crippen MR) is 95.5 cm³/mol. The van der Waals surface area contributed by atoms with E-state index in [-0.39, 0.29) is 5.91 Å². The smallest absolute Gasteiger partial charge is 0.225 e. The Hall–Kier alpha value is -2.36. The van der Waals surface area contributed by atoms with Gasteiger partial charge in [-0.2, -0.15) is 0 Å². The lowest BCUT2D eigenvalue weighted by atomic mass is 10.1. The molecular weight excluding hydrogens is 286 g/mol. The van der Waals surface area contributed by atoms with Crippen LogP contribution in [0.5, 0.6) is 0 Å². The first-order chi connectivity index (χ1) is 11.1. The number of hydrogen-bond acceptors (Lipinski definition) is 3. The van der Waals surface area contributed by atoms with Gasteiger partial charge in [0.25, 0.3) is 0 Å². The van der Waals surface area contributed by atoms with E-state index in [4.69, 9.17) is 0 Å². The van der Waals surface area contributed by atoms with Gasteiger partial charge < -0.3 is 10.2 Å². The van der Waals surface area contributed by atoms with Crippen LogP contribution in [-0.2, 0) is 11.3 Å². The fourth-order valence-corrected chi connectivity index (χ4v) is 2.41. The standard InChI is InChI=1S/C19H25N3O/c1-4-8-19(23)21-18-12-11-17(13-20-18)22(15(2)3)14-16-9-6-5-7-10-16/h5-7,9-13,15H,4,8,14H2,1-3H3,(H,20,21,23). The van der Waals surface area contributed by atoms with Crippen molar-refractivity contribution < 1.29 is 4.79 Å². The van der Waals surface area contributed by atoms with Crippen LogP contribution in [-0.4, -0.2) is 16.9 Å². The molecule has 0 spiro atoms. The highest BCUT2D eigenvalue weighted by atomic mass is 16.1. The zero-order chi connectivity index (χ0) is 16.7. The van der Waals surface area contributed by atoms with Gasteiger partial charge in [0.2, 0.25) is 5.91 Å². The monoisotopic (exact) mass is 311 g/mol. The number of benzene rings is 1. The number of carbonyl (C=O) groups is 1. The molecule has 0 saturated carbocycles. The minimum Gasteiger partial charge on any atom is -0.364 e. The van der Waals surface area contributed by atoms with Gasteiger partial charge in [-0.3, -0.25) is 4.79 Å². The lowest BCUT2D eigenvalue weighted by molar-refractivity contribution is -0.116. The van der Waals surface area contributed by atoms with E-state index in [1.807, 2.05) is 31.3 Å². The van der Waals surface area contributed by atoms with Crippen molar-refractivity contribution in [3.8, 4) is 0 Å². The van der Waals surface area contributed by atoms with Crippen LogP contribution in [0.4, 0.5) is 11.5 Å². The average molecular weight is 311 g/mol. The summed E-state index contributed by atoms with van der Waals surface area (Å²) in [5, 5.41) is 2.82. The highest BCUT2D eigenvalue weighted by molar-refractivity contribution is 5.89. The van der Waals surface area contributed by atoms with E-state index in [1.165, 1.54) is 5.56 Å². The number of aromatic nitrogens is 1. The molecule has 1 aromatic carbocycles. The highest BCUT2D eigenvalue weighted by Crippen LogP contribution is 2.20. The molecule has 0 aliphatic heterocycles. The van der Waals surface area contributed by atoms with Gasteiger partial charge in [0.1, 0.15) is 5.82 Å². The zero-order valence-corrected chi connectivity index (χ0v) is 14.1. The second kappa shape index (κ2) is 8.32. The third kappa shape index (κ3) is 5.09. The second-order valence-electron chi connectivity index (χ2n) is 5.91. The van der Waals surface area contributed by atoms with Crippen molar-refractivity contribution in [2.24, 2.45) is 0 Å². The lowest BCUT2D eigenvalue weighted by Crippen LogP contribution is -2.30. The van der Waals surface area contributed by atoms with E-state index in [9.17, 15) is 4.79 Å². The van der Waals surface area contributed by atoms with Crippen molar-refractivity contribution >= 4 is 17.4 Å². The van der Waals surface area contributed by atoms with Crippen LogP contribution in [0.2, 0.25) is 0 Å². The molecular formula is C19H25N3O. The van der Waals surface area contributed by atoms with Gasteiger partial charge in [-0.05, 0) is 38.0 Å². The first-order valence-electron chi connectivity index (χ1n) is 8.16. The van der Waals surface area contributed by atoms with E-state index >= 15 is 0 Å². The summed E-state index contributed by atoms with van der Waals surface area (Å²) in [6.07, 6.45) is 3.18. The van der Waals surface area contributed by atoms with Gasteiger partial charge in [0.05, 0.1) is 11.9 Å². The molecule has 1 heterocycles.